The van der Waals surface area contributed by atoms with Crippen LogP contribution in [0.4, 0.5) is 5.69 Å². The molecule has 0 N–H and O–H groups in total. The molecule has 2 aromatic carbocycles. The summed E-state index contributed by atoms with van der Waals surface area (Å²) in [5.41, 5.74) is 2.07. The van der Waals surface area contributed by atoms with Crippen molar-refractivity contribution in [2.75, 3.05) is 45.3 Å². The predicted molar refractivity (Wildman–Crippen MR) is 116 cm³/mol. The zero-order chi connectivity index (χ0) is 21.8. The number of benzene rings is 2. The molecule has 2 heterocycles. The third-order valence-corrected chi connectivity index (χ3v) is 5.62. The molecule has 0 bridgehead atoms. The molecule has 10 heteroatoms. The van der Waals surface area contributed by atoms with E-state index in [1.165, 1.54) is 18.1 Å². The van der Waals surface area contributed by atoms with Crippen LogP contribution in [-0.4, -0.2) is 71.4 Å². The Morgan fingerprint density at radius 3 is 2.52 bits per heavy atom. The fourth-order valence-electron chi connectivity index (χ4n) is 3.67. The predicted octanol–water partition coefficient (Wildman–Crippen LogP) is 2.69. The second-order valence-corrected chi connectivity index (χ2v) is 7.50. The van der Waals surface area contributed by atoms with E-state index in [0.717, 1.165) is 30.9 Å². The first-order chi connectivity index (χ1) is 15.1. The molecule has 0 spiro atoms. The number of amides is 1. The number of carbonyl (C=O) groups excluding carboxylic acids is 1. The first kappa shape index (κ1) is 20.9. The molecule has 9 nitrogen and oxygen atoms in total. The lowest BCUT2D eigenvalue weighted by Gasteiger charge is -2.24. The van der Waals surface area contributed by atoms with Gasteiger partial charge in [0.15, 0.2) is 0 Å². The number of anilines is 1. The molecule has 3 aromatic rings. The monoisotopic (exact) mass is 442 g/mol. The number of hydrogen-bond acceptors (Lipinski definition) is 7. The standard InChI is InChI=1S/C21H23ClN6O3/c1-30-16-6-4-15(5-7-16)26-8-3-9-27(11-10-26)21(29)17-12-18(22)19(13-20(17)31-2)28-14-23-24-25-28/h4-7,12-14H,3,8-11H2,1-2H3. The minimum Gasteiger partial charge on any atom is -0.497 e. The maximum Gasteiger partial charge on any atom is 0.257 e. The second-order valence-electron chi connectivity index (χ2n) is 7.09. The molecule has 1 saturated heterocycles. The molecule has 1 aliphatic rings. The highest BCUT2D eigenvalue weighted by Gasteiger charge is 2.24. The van der Waals surface area contributed by atoms with Gasteiger partial charge in [-0.2, -0.15) is 4.68 Å². The van der Waals surface area contributed by atoms with Gasteiger partial charge in [-0.15, -0.1) is 5.10 Å². The Morgan fingerprint density at radius 2 is 1.84 bits per heavy atom. The zero-order valence-electron chi connectivity index (χ0n) is 17.4. The van der Waals surface area contributed by atoms with Crippen molar-refractivity contribution >= 4 is 23.2 Å². The summed E-state index contributed by atoms with van der Waals surface area (Å²) in [7, 11) is 3.18. The van der Waals surface area contributed by atoms with E-state index in [-0.39, 0.29) is 5.91 Å². The molecule has 0 radical (unpaired) electrons. The summed E-state index contributed by atoms with van der Waals surface area (Å²) >= 11 is 6.43. The van der Waals surface area contributed by atoms with Gasteiger partial charge < -0.3 is 19.3 Å². The highest BCUT2D eigenvalue weighted by Crippen LogP contribution is 2.30. The fraction of sp³-hybridized carbons (Fsp3) is 0.333. The lowest BCUT2D eigenvalue weighted by Crippen LogP contribution is -2.35. The summed E-state index contributed by atoms with van der Waals surface area (Å²) in [6.07, 6.45) is 2.29. The number of carbonyl (C=O) groups is 1. The van der Waals surface area contributed by atoms with Crippen LogP contribution in [0.5, 0.6) is 11.5 Å². The minimum absolute atomic E-state index is 0.112. The molecule has 31 heavy (non-hydrogen) atoms. The Bertz CT molecular complexity index is 1040. The average molecular weight is 443 g/mol. The number of nitrogens with zero attached hydrogens (tertiary/aromatic N) is 6. The van der Waals surface area contributed by atoms with Crippen molar-refractivity contribution in [1.82, 2.24) is 25.1 Å². The lowest BCUT2D eigenvalue weighted by atomic mass is 10.1. The largest absolute Gasteiger partial charge is 0.497 e. The van der Waals surface area contributed by atoms with Crippen LogP contribution in [0.3, 0.4) is 0 Å². The quantitative estimate of drug-likeness (QED) is 0.600. The van der Waals surface area contributed by atoms with Crippen molar-refractivity contribution in [2.24, 2.45) is 0 Å². The van der Waals surface area contributed by atoms with E-state index < -0.39 is 0 Å². The van der Waals surface area contributed by atoms with Gasteiger partial charge in [-0.25, -0.2) is 0 Å². The van der Waals surface area contributed by atoms with Crippen LogP contribution in [0.15, 0.2) is 42.7 Å². The molecule has 1 aromatic heterocycles. The summed E-state index contributed by atoms with van der Waals surface area (Å²) in [5, 5.41) is 11.5. The molecular weight excluding hydrogens is 420 g/mol. The number of rotatable bonds is 5. The molecule has 0 saturated carbocycles. The Balaban J connectivity index is 1.52. The van der Waals surface area contributed by atoms with Crippen molar-refractivity contribution in [3.05, 3.63) is 53.3 Å². The van der Waals surface area contributed by atoms with Gasteiger partial charge in [0.2, 0.25) is 0 Å². The number of methoxy groups -OCH3 is 2. The zero-order valence-corrected chi connectivity index (χ0v) is 18.1. The normalized spacial score (nSPS) is 14.3. The van der Waals surface area contributed by atoms with Crippen molar-refractivity contribution in [2.45, 2.75) is 6.42 Å². The van der Waals surface area contributed by atoms with E-state index in [9.17, 15) is 4.79 Å². The van der Waals surface area contributed by atoms with Crippen molar-refractivity contribution in [1.29, 1.82) is 0 Å². The molecule has 4 rings (SSSR count). The van der Waals surface area contributed by atoms with E-state index in [0.29, 0.717) is 35.1 Å². The van der Waals surface area contributed by atoms with E-state index in [4.69, 9.17) is 21.1 Å². The summed E-state index contributed by atoms with van der Waals surface area (Å²) in [6.45, 7) is 2.85. The number of halogens is 1. The summed E-state index contributed by atoms with van der Waals surface area (Å²) in [5.74, 6) is 1.14. The first-order valence-corrected chi connectivity index (χ1v) is 10.3. The maximum absolute atomic E-state index is 13.3. The van der Waals surface area contributed by atoms with E-state index >= 15 is 0 Å². The topological polar surface area (TPSA) is 85.6 Å². The molecule has 0 atom stereocenters. The third-order valence-electron chi connectivity index (χ3n) is 5.32. The van der Waals surface area contributed by atoms with E-state index in [2.05, 4.69) is 20.4 Å². The molecule has 1 amide bonds. The van der Waals surface area contributed by atoms with Gasteiger partial charge in [0.05, 0.1) is 30.5 Å². The number of aromatic nitrogens is 4. The lowest BCUT2D eigenvalue weighted by molar-refractivity contribution is 0.0763. The number of hydrogen-bond donors (Lipinski definition) is 0. The maximum atomic E-state index is 13.3. The van der Waals surface area contributed by atoms with Crippen LogP contribution in [0.25, 0.3) is 5.69 Å². The van der Waals surface area contributed by atoms with Gasteiger partial charge >= 0.3 is 0 Å². The van der Waals surface area contributed by atoms with Crippen LogP contribution in [0, 0.1) is 0 Å². The first-order valence-electron chi connectivity index (χ1n) is 9.90. The van der Waals surface area contributed by atoms with Crippen LogP contribution in [-0.2, 0) is 0 Å². The fourth-order valence-corrected chi connectivity index (χ4v) is 3.92. The average Bonchev–Trinajstić information content (AvgIpc) is 3.22. The molecular formula is C21H23ClN6O3. The summed E-state index contributed by atoms with van der Waals surface area (Å²) < 4.78 is 12.1. The molecule has 1 fully saturated rings. The number of tetrazole rings is 1. The Hall–Kier alpha value is -3.33. The third kappa shape index (κ3) is 4.41. The smallest absolute Gasteiger partial charge is 0.257 e. The molecule has 1 aliphatic heterocycles. The second kappa shape index (κ2) is 9.22. The SMILES string of the molecule is COc1ccc(N2CCCN(C(=O)c3cc(Cl)c(-n4cnnn4)cc3OC)CC2)cc1. The van der Waals surface area contributed by atoms with Crippen molar-refractivity contribution < 1.29 is 14.3 Å². The highest BCUT2D eigenvalue weighted by atomic mass is 35.5. The van der Waals surface area contributed by atoms with E-state index in [1.54, 1.807) is 19.2 Å². The Kier molecular flexibility index (Phi) is 6.22. The molecule has 0 aliphatic carbocycles. The summed E-state index contributed by atoms with van der Waals surface area (Å²) in [6, 6.07) is 11.3. The minimum atomic E-state index is -0.112. The van der Waals surface area contributed by atoms with Crippen LogP contribution in [0.1, 0.15) is 16.8 Å². The van der Waals surface area contributed by atoms with Crippen LogP contribution < -0.4 is 14.4 Å². The number of ether oxygens (including phenoxy) is 2. The van der Waals surface area contributed by atoms with E-state index in [1.807, 2.05) is 29.2 Å². The van der Waals surface area contributed by atoms with Crippen molar-refractivity contribution in [3.8, 4) is 17.2 Å². The van der Waals surface area contributed by atoms with Gasteiger partial charge in [0.25, 0.3) is 5.91 Å². The van der Waals surface area contributed by atoms with Gasteiger partial charge in [-0.3, -0.25) is 4.79 Å². The van der Waals surface area contributed by atoms with Gasteiger partial charge in [0.1, 0.15) is 17.8 Å². The van der Waals surface area contributed by atoms with Gasteiger partial charge in [-0.1, -0.05) is 11.6 Å². The highest BCUT2D eigenvalue weighted by molar-refractivity contribution is 6.33. The van der Waals surface area contributed by atoms with Crippen molar-refractivity contribution in [3.63, 3.8) is 0 Å². The Morgan fingerprint density at radius 1 is 1.03 bits per heavy atom. The Labute approximate surface area is 185 Å². The van der Waals surface area contributed by atoms with Crippen LogP contribution in [0.2, 0.25) is 5.02 Å². The van der Waals surface area contributed by atoms with Crippen LogP contribution >= 0.6 is 11.6 Å². The summed E-state index contributed by atoms with van der Waals surface area (Å²) in [4.78, 5) is 17.4. The van der Waals surface area contributed by atoms with Gasteiger partial charge in [0, 0.05) is 37.9 Å². The molecule has 162 valence electrons. The van der Waals surface area contributed by atoms with Gasteiger partial charge in [-0.05, 0) is 47.2 Å². The molecule has 0 unspecified atom stereocenters.